The van der Waals surface area contributed by atoms with Crippen LogP contribution in [-0.4, -0.2) is 62.8 Å². The minimum atomic E-state index is -4.15. The third-order valence-electron chi connectivity index (χ3n) is 4.54. The minimum Gasteiger partial charge on any atom is -0.258 e. The van der Waals surface area contributed by atoms with Gasteiger partial charge in [0.15, 0.2) is 0 Å². The molecule has 0 spiro atoms. The van der Waals surface area contributed by atoms with Crippen LogP contribution in [0.1, 0.15) is 0 Å². The third-order valence-corrected chi connectivity index (χ3v) is 9.72. The maximum absolute atomic E-state index is 13.3. The van der Waals surface area contributed by atoms with Gasteiger partial charge in [-0.2, -0.15) is 8.61 Å². The summed E-state index contributed by atoms with van der Waals surface area (Å²) in [7, 11) is -7.59. The van der Waals surface area contributed by atoms with Crippen molar-refractivity contribution in [3.63, 3.8) is 0 Å². The molecule has 1 aliphatic heterocycles. The van der Waals surface area contributed by atoms with E-state index in [1.165, 1.54) is 16.4 Å². The Bertz CT molecular complexity index is 1230. The summed E-state index contributed by atoms with van der Waals surface area (Å²) in [6.45, 7) is -0.147. The summed E-state index contributed by atoms with van der Waals surface area (Å²) in [6, 6.07) is 8.27. The van der Waals surface area contributed by atoms with Crippen LogP contribution in [0, 0.1) is 10.1 Å². The predicted octanol–water partition coefficient (Wildman–Crippen LogP) is 3.32. The summed E-state index contributed by atoms with van der Waals surface area (Å²) in [5.41, 5.74) is -0.380. The first-order valence-electron chi connectivity index (χ1n) is 8.76. The lowest BCUT2D eigenvalue weighted by Gasteiger charge is -2.32. The average molecular weight is 526 g/mol. The molecule has 0 aromatic heterocycles. The number of piperazine rings is 1. The van der Waals surface area contributed by atoms with E-state index in [0.717, 1.165) is 28.4 Å². The number of nitro benzene ring substituents is 1. The van der Waals surface area contributed by atoms with E-state index < -0.39 is 25.0 Å². The van der Waals surface area contributed by atoms with Crippen LogP contribution in [0.3, 0.4) is 0 Å². The maximum Gasteiger partial charge on any atom is 0.270 e. The second-order valence-electron chi connectivity index (χ2n) is 6.63. The van der Waals surface area contributed by atoms with Crippen LogP contribution in [0.5, 0.6) is 0 Å². The number of hydrogen-bond donors (Lipinski definition) is 0. The van der Waals surface area contributed by atoms with Gasteiger partial charge in [0.05, 0.1) is 16.2 Å². The monoisotopic (exact) mass is 525 g/mol. The van der Waals surface area contributed by atoms with Gasteiger partial charge in [-0.15, -0.1) is 0 Å². The largest absolute Gasteiger partial charge is 0.270 e. The predicted molar refractivity (Wildman–Crippen MR) is 119 cm³/mol. The smallest absolute Gasteiger partial charge is 0.258 e. The van der Waals surface area contributed by atoms with Gasteiger partial charge in [-0.1, -0.05) is 35.0 Å². The molecule has 0 unspecified atom stereocenters. The summed E-state index contributed by atoms with van der Waals surface area (Å²) >= 11 is 13.2. The van der Waals surface area contributed by atoms with Gasteiger partial charge in [0.2, 0.25) is 20.0 Å². The van der Waals surface area contributed by atoms with E-state index in [-0.39, 0.29) is 41.7 Å². The molecule has 0 bridgehead atoms. The van der Waals surface area contributed by atoms with Gasteiger partial charge in [0.25, 0.3) is 5.69 Å². The Morgan fingerprint density at radius 3 is 2.13 bits per heavy atom. The van der Waals surface area contributed by atoms with E-state index in [1.807, 2.05) is 0 Å². The van der Waals surface area contributed by atoms with E-state index in [9.17, 15) is 26.9 Å². The highest BCUT2D eigenvalue weighted by Gasteiger charge is 2.34. The SMILES string of the molecule is CS(=O)(=O)N1CCN(S(=O)(=O)c2cc([N+](=O)[O-])ccc2Sc2cc(Cl)ccc2Cl)CC1. The highest BCUT2D eigenvalue weighted by molar-refractivity contribution is 8.00. The van der Waals surface area contributed by atoms with E-state index in [4.69, 9.17) is 23.2 Å². The fourth-order valence-corrected chi connectivity index (χ4v) is 7.09. The molecule has 0 amide bonds. The third kappa shape index (κ3) is 5.51. The van der Waals surface area contributed by atoms with Gasteiger partial charge in [0, 0.05) is 53.1 Å². The second-order valence-corrected chi connectivity index (χ2v) is 12.4. The lowest BCUT2D eigenvalue weighted by molar-refractivity contribution is -0.385. The van der Waals surface area contributed by atoms with Crippen LogP contribution in [0.2, 0.25) is 10.0 Å². The molecule has 2 aromatic rings. The van der Waals surface area contributed by atoms with E-state index >= 15 is 0 Å². The molecule has 0 saturated carbocycles. The summed E-state index contributed by atoms with van der Waals surface area (Å²) in [5.74, 6) is 0. The molecule has 2 aromatic carbocycles. The van der Waals surface area contributed by atoms with Crippen molar-refractivity contribution < 1.29 is 21.8 Å². The standard InChI is InChI=1S/C17H17Cl2N3O6S3/c1-30(25,26)20-6-8-21(9-7-20)31(27,28)17-11-13(22(23)24)3-5-15(17)29-16-10-12(18)2-4-14(16)19/h2-5,10-11H,6-9H2,1H3. The maximum atomic E-state index is 13.3. The van der Waals surface area contributed by atoms with Gasteiger partial charge < -0.3 is 0 Å². The number of benzene rings is 2. The first-order valence-corrected chi connectivity index (χ1v) is 13.6. The Morgan fingerprint density at radius 2 is 1.55 bits per heavy atom. The summed E-state index contributed by atoms with van der Waals surface area (Å²) in [4.78, 5) is 11.0. The lowest BCUT2D eigenvalue weighted by Crippen LogP contribution is -2.50. The van der Waals surface area contributed by atoms with Crippen molar-refractivity contribution in [1.29, 1.82) is 0 Å². The molecule has 0 aliphatic carbocycles. The van der Waals surface area contributed by atoms with Crippen molar-refractivity contribution in [1.82, 2.24) is 8.61 Å². The molecule has 31 heavy (non-hydrogen) atoms. The van der Waals surface area contributed by atoms with E-state index in [2.05, 4.69) is 0 Å². The number of hydrogen-bond acceptors (Lipinski definition) is 7. The number of halogens is 2. The molecule has 14 heteroatoms. The zero-order valence-corrected chi connectivity index (χ0v) is 20.0. The quantitative estimate of drug-likeness (QED) is 0.419. The van der Waals surface area contributed by atoms with Gasteiger partial charge in [-0.25, -0.2) is 16.8 Å². The molecule has 1 aliphatic rings. The molecule has 3 rings (SSSR count). The molecule has 1 heterocycles. The van der Waals surface area contributed by atoms with Crippen LogP contribution in [0.25, 0.3) is 0 Å². The van der Waals surface area contributed by atoms with Crippen LogP contribution >= 0.6 is 35.0 Å². The summed E-state index contributed by atoms with van der Waals surface area (Å²) in [6.07, 6.45) is 1.06. The minimum absolute atomic E-state index is 0.00438. The second kappa shape index (κ2) is 9.22. The number of sulfonamides is 2. The van der Waals surface area contributed by atoms with Crippen molar-refractivity contribution in [2.75, 3.05) is 32.4 Å². The number of nitrogens with zero attached hydrogens (tertiary/aromatic N) is 3. The Balaban J connectivity index is 2.00. The molecule has 0 atom stereocenters. The normalized spacial score (nSPS) is 16.4. The van der Waals surface area contributed by atoms with E-state index in [0.29, 0.717) is 14.9 Å². The Labute approximate surface area is 194 Å². The topological polar surface area (TPSA) is 118 Å². The van der Waals surface area contributed by atoms with Gasteiger partial charge in [-0.05, 0) is 24.3 Å². The van der Waals surface area contributed by atoms with Crippen LogP contribution in [-0.2, 0) is 20.0 Å². The van der Waals surface area contributed by atoms with Crippen LogP contribution in [0.4, 0.5) is 5.69 Å². The van der Waals surface area contributed by atoms with Crippen molar-refractivity contribution in [2.24, 2.45) is 0 Å². The van der Waals surface area contributed by atoms with Gasteiger partial charge >= 0.3 is 0 Å². The highest BCUT2D eigenvalue weighted by atomic mass is 35.5. The molecule has 1 saturated heterocycles. The zero-order chi connectivity index (χ0) is 23.0. The number of rotatable bonds is 6. The average Bonchev–Trinajstić information content (AvgIpc) is 2.70. The Morgan fingerprint density at radius 1 is 0.935 bits per heavy atom. The van der Waals surface area contributed by atoms with Crippen LogP contribution in [0.15, 0.2) is 51.1 Å². The highest BCUT2D eigenvalue weighted by Crippen LogP contribution is 2.40. The first kappa shape index (κ1) is 24.2. The zero-order valence-electron chi connectivity index (χ0n) is 16.1. The molecular weight excluding hydrogens is 509 g/mol. The van der Waals surface area contributed by atoms with Crippen molar-refractivity contribution in [3.05, 3.63) is 56.6 Å². The molecule has 1 fully saturated rings. The summed E-state index contributed by atoms with van der Waals surface area (Å²) < 4.78 is 52.4. The van der Waals surface area contributed by atoms with Crippen molar-refractivity contribution in [3.8, 4) is 0 Å². The van der Waals surface area contributed by atoms with Crippen LogP contribution < -0.4 is 0 Å². The van der Waals surface area contributed by atoms with Crippen molar-refractivity contribution >= 4 is 60.7 Å². The molecule has 0 radical (unpaired) electrons. The molecule has 168 valence electrons. The fourth-order valence-electron chi connectivity index (χ4n) is 2.95. The lowest BCUT2D eigenvalue weighted by atomic mass is 10.3. The van der Waals surface area contributed by atoms with Gasteiger partial charge in [0.1, 0.15) is 4.90 Å². The Hall–Kier alpha value is -1.41. The molecule has 0 N–H and O–H groups in total. The van der Waals surface area contributed by atoms with E-state index in [1.54, 1.807) is 18.2 Å². The molecular formula is C17H17Cl2N3O6S3. The summed E-state index contributed by atoms with van der Waals surface area (Å²) in [5, 5.41) is 12.0. The van der Waals surface area contributed by atoms with Gasteiger partial charge in [-0.3, -0.25) is 10.1 Å². The number of nitro groups is 1. The Kier molecular flexibility index (Phi) is 7.21. The number of non-ortho nitro benzene ring substituents is 1. The fraction of sp³-hybridized carbons (Fsp3) is 0.294. The molecule has 9 nitrogen and oxygen atoms in total. The van der Waals surface area contributed by atoms with Crippen molar-refractivity contribution in [2.45, 2.75) is 14.7 Å². The first-order chi connectivity index (χ1) is 14.4.